The molecule has 0 spiro atoms. The fourth-order valence-corrected chi connectivity index (χ4v) is 6.26. The maximum atomic E-state index is 6.36. The number of rotatable bonds is 1. The van der Waals surface area contributed by atoms with Crippen molar-refractivity contribution in [1.82, 2.24) is 0 Å². The predicted octanol–water partition coefficient (Wildman–Crippen LogP) is 9.97. The summed E-state index contributed by atoms with van der Waals surface area (Å²) < 4.78 is 6.36. The minimum atomic E-state index is -0.114. The van der Waals surface area contributed by atoms with Gasteiger partial charge in [0.25, 0.3) is 0 Å². The van der Waals surface area contributed by atoms with Gasteiger partial charge in [-0.25, -0.2) is 0 Å². The standard InChI is InChI=1S/C35H38N2O/c1-33(2,3)36-27-14-10-9-13-25(27)35(7,8)26-21-23(17-19-28(26)36)24-18-20-32-30(22-24)37(34(4,5)6)29-15-11-12-16-31(29)38-32/h9-22H,1-8H3. The van der Waals surface area contributed by atoms with Crippen LogP contribution >= 0.6 is 0 Å². The van der Waals surface area contributed by atoms with Crippen molar-refractivity contribution in [3.8, 4) is 22.6 Å². The predicted molar refractivity (Wildman–Crippen MR) is 161 cm³/mol. The Hall–Kier alpha value is -3.72. The summed E-state index contributed by atoms with van der Waals surface area (Å²) in [6.07, 6.45) is 0. The number of hydrogen-bond donors (Lipinski definition) is 0. The fourth-order valence-electron chi connectivity index (χ4n) is 6.26. The van der Waals surface area contributed by atoms with E-state index in [1.165, 1.54) is 33.6 Å². The first-order valence-electron chi connectivity index (χ1n) is 13.6. The van der Waals surface area contributed by atoms with Gasteiger partial charge in [-0.15, -0.1) is 0 Å². The number of ether oxygens (including phenoxy) is 1. The van der Waals surface area contributed by atoms with Crippen LogP contribution in [0.15, 0.2) is 84.9 Å². The Morgan fingerprint density at radius 1 is 0.526 bits per heavy atom. The summed E-state index contributed by atoms with van der Waals surface area (Å²) in [6, 6.07) is 30.8. The molecule has 0 atom stereocenters. The number of hydrogen-bond acceptors (Lipinski definition) is 3. The molecule has 2 aliphatic heterocycles. The smallest absolute Gasteiger partial charge is 0.151 e. The average molecular weight is 503 g/mol. The zero-order valence-electron chi connectivity index (χ0n) is 23.9. The van der Waals surface area contributed by atoms with Gasteiger partial charge in [0.05, 0.1) is 11.4 Å². The van der Waals surface area contributed by atoms with E-state index >= 15 is 0 Å². The van der Waals surface area contributed by atoms with Gasteiger partial charge in [-0.1, -0.05) is 56.3 Å². The van der Waals surface area contributed by atoms with Crippen molar-refractivity contribution >= 4 is 22.7 Å². The van der Waals surface area contributed by atoms with E-state index in [2.05, 4.69) is 144 Å². The summed E-state index contributed by atoms with van der Waals surface area (Å²) in [6.45, 7) is 18.4. The van der Waals surface area contributed by atoms with Gasteiger partial charge in [0, 0.05) is 27.9 Å². The molecule has 0 fully saturated rings. The lowest BCUT2D eigenvalue weighted by molar-refractivity contribution is 0.451. The normalized spacial score (nSPS) is 15.7. The summed E-state index contributed by atoms with van der Waals surface area (Å²) in [7, 11) is 0. The van der Waals surface area contributed by atoms with Crippen LogP contribution in [-0.4, -0.2) is 11.1 Å². The van der Waals surface area contributed by atoms with E-state index in [0.717, 1.165) is 22.9 Å². The highest BCUT2D eigenvalue weighted by Crippen LogP contribution is 2.53. The molecule has 0 aliphatic carbocycles. The van der Waals surface area contributed by atoms with Crippen LogP contribution in [0.5, 0.6) is 11.5 Å². The number of nitrogens with zero attached hydrogens (tertiary/aromatic N) is 2. The van der Waals surface area contributed by atoms with Gasteiger partial charge in [-0.3, -0.25) is 0 Å². The number of fused-ring (bicyclic) bond motifs is 4. The number of para-hydroxylation sites is 3. The van der Waals surface area contributed by atoms with Crippen LogP contribution in [0, 0.1) is 0 Å². The quantitative estimate of drug-likeness (QED) is 0.257. The van der Waals surface area contributed by atoms with E-state index in [1.54, 1.807) is 0 Å². The molecule has 0 unspecified atom stereocenters. The second-order valence-electron chi connectivity index (χ2n) is 13.1. The molecule has 4 aromatic carbocycles. The number of anilines is 4. The molecule has 2 aliphatic rings. The molecule has 2 heterocycles. The molecular formula is C35H38N2O. The van der Waals surface area contributed by atoms with E-state index in [1.807, 2.05) is 6.07 Å². The molecule has 0 saturated heterocycles. The monoisotopic (exact) mass is 502 g/mol. The van der Waals surface area contributed by atoms with Gasteiger partial charge >= 0.3 is 0 Å². The second-order valence-corrected chi connectivity index (χ2v) is 13.1. The molecule has 6 rings (SSSR count). The van der Waals surface area contributed by atoms with E-state index < -0.39 is 0 Å². The highest BCUT2D eigenvalue weighted by atomic mass is 16.5. The van der Waals surface area contributed by atoms with Crippen molar-refractivity contribution in [2.45, 2.75) is 71.9 Å². The zero-order valence-corrected chi connectivity index (χ0v) is 23.9. The Labute approximate surface area is 227 Å². The van der Waals surface area contributed by atoms with Gasteiger partial charge in [-0.2, -0.15) is 0 Å². The van der Waals surface area contributed by atoms with E-state index in [9.17, 15) is 0 Å². The van der Waals surface area contributed by atoms with Crippen LogP contribution in [0.4, 0.5) is 22.7 Å². The SMILES string of the molecule is CC1(C)c2ccccc2N(C(C)(C)C)c2ccc(-c3ccc4c(c3)N(C(C)(C)C)c3ccccc3O4)cc21. The van der Waals surface area contributed by atoms with Crippen molar-refractivity contribution in [2.24, 2.45) is 0 Å². The molecule has 3 nitrogen and oxygen atoms in total. The third kappa shape index (κ3) is 3.71. The van der Waals surface area contributed by atoms with E-state index in [-0.39, 0.29) is 16.5 Å². The molecule has 0 radical (unpaired) electrons. The molecular weight excluding hydrogens is 464 g/mol. The molecule has 0 N–H and O–H groups in total. The number of benzene rings is 4. The fraction of sp³-hybridized carbons (Fsp3) is 0.314. The van der Waals surface area contributed by atoms with Crippen LogP contribution in [0.1, 0.15) is 66.5 Å². The summed E-state index contributed by atoms with van der Waals surface area (Å²) in [5, 5.41) is 0. The molecule has 194 valence electrons. The Morgan fingerprint density at radius 3 is 1.76 bits per heavy atom. The van der Waals surface area contributed by atoms with Gasteiger partial charge in [0.2, 0.25) is 0 Å². The zero-order chi connectivity index (χ0) is 27.0. The lowest BCUT2D eigenvalue weighted by Gasteiger charge is -2.48. The Bertz CT molecular complexity index is 1550. The molecule has 4 aromatic rings. The van der Waals surface area contributed by atoms with Crippen LogP contribution in [0.25, 0.3) is 11.1 Å². The first kappa shape index (κ1) is 24.6. The topological polar surface area (TPSA) is 15.7 Å². The Kier molecular flexibility index (Phi) is 5.27. The van der Waals surface area contributed by atoms with Crippen molar-refractivity contribution in [3.63, 3.8) is 0 Å². The van der Waals surface area contributed by atoms with Gasteiger partial charge < -0.3 is 14.5 Å². The second kappa shape index (κ2) is 8.14. The first-order valence-corrected chi connectivity index (χ1v) is 13.6. The molecule has 0 aromatic heterocycles. The minimum absolute atomic E-state index is 0.0490. The van der Waals surface area contributed by atoms with Crippen molar-refractivity contribution in [1.29, 1.82) is 0 Å². The molecule has 0 bridgehead atoms. The van der Waals surface area contributed by atoms with Crippen molar-refractivity contribution in [2.75, 3.05) is 9.80 Å². The van der Waals surface area contributed by atoms with Gasteiger partial charge in [0.1, 0.15) is 0 Å². The molecule has 3 heteroatoms. The van der Waals surface area contributed by atoms with E-state index in [4.69, 9.17) is 4.74 Å². The summed E-state index contributed by atoms with van der Waals surface area (Å²) in [5.41, 5.74) is 9.67. The van der Waals surface area contributed by atoms with Crippen molar-refractivity contribution in [3.05, 3.63) is 96.1 Å². The van der Waals surface area contributed by atoms with Gasteiger partial charge in [-0.05, 0) is 106 Å². The maximum Gasteiger partial charge on any atom is 0.151 e. The maximum absolute atomic E-state index is 6.36. The Balaban J connectivity index is 1.51. The highest BCUT2D eigenvalue weighted by Gasteiger charge is 2.40. The molecule has 38 heavy (non-hydrogen) atoms. The third-order valence-electron chi connectivity index (χ3n) is 7.93. The summed E-state index contributed by atoms with van der Waals surface area (Å²) in [4.78, 5) is 4.91. The average Bonchev–Trinajstić information content (AvgIpc) is 2.85. The van der Waals surface area contributed by atoms with Gasteiger partial charge in [0.15, 0.2) is 11.5 Å². The van der Waals surface area contributed by atoms with Crippen molar-refractivity contribution < 1.29 is 4.74 Å². The molecule has 0 saturated carbocycles. The van der Waals surface area contributed by atoms with E-state index in [0.29, 0.717) is 0 Å². The van der Waals surface area contributed by atoms with Crippen LogP contribution in [-0.2, 0) is 5.41 Å². The highest BCUT2D eigenvalue weighted by molar-refractivity contribution is 5.85. The minimum Gasteiger partial charge on any atom is -0.453 e. The summed E-state index contributed by atoms with van der Waals surface area (Å²) >= 11 is 0. The van der Waals surface area contributed by atoms with Crippen LogP contribution in [0.2, 0.25) is 0 Å². The van der Waals surface area contributed by atoms with Crippen LogP contribution in [0.3, 0.4) is 0 Å². The Morgan fingerprint density at radius 2 is 1.05 bits per heavy atom. The lowest BCUT2D eigenvalue weighted by atomic mass is 9.72. The lowest BCUT2D eigenvalue weighted by Crippen LogP contribution is -2.43. The first-order chi connectivity index (χ1) is 17.9. The molecule has 0 amide bonds. The van der Waals surface area contributed by atoms with Crippen LogP contribution < -0.4 is 14.5 Å². The summed E-state index contributed by atoms with van der Waals surface area (Å²) in [5.74, 6) is 1.80. The third-order valence-corrected chi connectivity index (χ3v) is 7.93. The largest absolute Gasteiger partial charge is 0.453 e.